The maximum absolute atomic E-state index is 12.5. The molecule has 2 N–H and O–H groups in total. The van der Waals surface area contributed by atoms with Crippen LogP contribution in [0.15, 0.2) is 41.3 Å². The number of anilines is 1. The Bertz CT molecular complexity index is 937. The number of carbonyl (C=O) groups is 1. The average molecular weight is 357 g/mol. The zero-order valence-electron chi connectivity index (χ0n) is 14.3. The van der Waals surface area contributed by atoms with Crippen molar-refractivity contribution >= 4 is 21.6 Å². The average Bonchev–Trinajstić information content (AvgIpc) is 2.52. The first kappa shape index (κ1) is 18.6. The minimum atomic E-state index is -3.80. The zero-order valence-corrected chi connectivity index (χ0v) is 15.1. The van der Waals surface area contributed by atoms with Gasteiger partial charge in [0.15, 0.2) is 0 Å². The SMILES string of the molecule is Cc1cc(C)c(S(=O)(=O)NCC(=O)Nc2cccc(C#N)c2)c(C)c1. The first-order valence-corrected chi connectivity index (χ1v) is 9.09. The van der Waals surface area contributed by atoms with Crippen molar-refractivity contribution in [2.75, 3.05) is 11.9 Å². The normalized spacial score (nSPS) is 11.0. The first-order valence-electron chi connectivity index (χ1n) is 7.60. The molecule has 0 heterocycles. The lowest BCUT2D eigenvalue weighted by atomic mass is 10.1. The van der Waals surface area contributed by atoms with Crippen LogP contribution in [-0.4, -0.2) is 20.9 Å². The van der Waals surface area contributed by atoms with Gasteiger partial charge in [0.2, 0.25) is 15.9 Å². The van der Waals surface area contributed by atoms with Gasteiger partial charge in [0.25, 0.3) is 0 Å². The molecule has 6 nitrogen and oxygen atoms in total. The van der Waals surface area contributed by atoms with Gasteiger partial charge in [-0.1, -0.05) is 23.8 Å². The lowest BCUT2D eigenvalue weighted by Crippen LogP contribution is -2.33. The molecule has 2 aromatic carbocycles. The quantitative estimate of drug-likeness (QED) is 0.858. The van der Waals surface area contributed by atoms with Gasteiger partial charge >= 0.3 is 0 Å². The molecule has 0 spiro atoms. The van der Waals surface area contributed by atoms with Crippen LogP contribution in [-0.2, 0) is 14.8 Å². The molecule has 0 atom stereocenters. The number of benzene rings is 2. The third kappa shape index (κ3) is 4.66. The van der Waals surface area contributed by atoms with Crippen LogP contribution in [0.4, 0.5) is 5.69 Å². The largest absolute Gasteiger partial charge is 0.325 e. The highest BCUT2D eigenvalue weighted by Gasteiger charge is 2.20. The van der Waals surface area contributed by atoms with E-state index < -0.39 is 22.5 Å². The minimum absolute atomic E-state index is 0.192. The molecule has 0 unspecified atom stereocenters. The fourth-order valence-electron chi connectivity index (χ4n) is 2.70. The second-order valence-electron chi connectivity index (χ2n) is 5.79. The van der Waals surface area contributed by atoms with E-state index in [2.05, 4.69) is 10.0 Å². The number of amides is 1. The van der Waals surface area contributed by atoms with Crippen LogP contribution >= 0.6 is 0 Å². The Kier molecular flexibility index (Phi) is 5.57. The highest BCUT2D eigenvalue weighted by atomic mass is 32.2. The van der Waals surface area contributed by atoms with Gasteiger partial charge < -0.3 is 5.32 Å². The van der Waals surface area contributed by atoms with Gasteiger partial charge in [-0.15, -0.1) is 0 Å². The molecule has 0 aliphatic heterocycles. The van der Waals surface area contributed by atoms with E-state index >= 15 is 0 Å². The first-order chi connectivity index (χ1) is 11.7. The molecule has 7 heteroatoms. The van der Waals surface area contributed by atoms with Gasteiger partial charge in [-0.3, -0.25) is 4.79 Å². The summed E-state index contributed by atoms with van der Waals surface area (Å²) in [6, 6.07) is 11.9. The lowest BCUT2D eigenvalue weighted by molar-refractivity contribution is -0.115. The van der Waals surface area contributed by atoms with E-state index in [0.29, 0.717) is 22.4 Å². The topological polar surface area (TPSA) is 99.1 Å². The molecule has 0 saturated carbocycles. The number of nitrogens with zero attached hydrogens (tertiary/aromatic N) is 1. The van der Waals surface area contributed by atoms with E-state index in [1.165, 1.54) is 6.07 Å². The van der Waals surface area contributed by atoms with Crippen molar-refractivity contribution in [1.29, 1.82) is 5.26 Å². The second kappa shape index (κ2) is 7.47. The van der Waals surface area contributed by atoms with Crippen molar-refractivity contribution in [1.82, 2.24) is 4.72 Å². The van der Waals surface area contributed by atoms with Gasteiger partial charge in [-0.25, -0.2) is 13.1 Å². The Hall–Kier alpha value is -2.69. The Labute approximate surface area is 147 Å². The monoisotopic (exact) mass is 357 g/mol. The van der Waals surface area contributed by atoms with E-state index in [1.54, 1.807) is 44.2 Å². The minimum Gasteiger partial charge on any atom is -0.325 e. The third-order valence-corrected chi connectivity index (χ3v) is 5.28. The van der Waals surface area contributed by atoms with E-state index in [4.69, 9.17) is 5.26 Å². The molecule has 0 radical (unpaired) electrons. The van der Waals surface area contributed by atoms with E-state index in [1.807, 2.05) is 13.0 Å². The van der Waals surface area contributed by atoms with E-state index in [9.17, 15) is 13.2 Å². The predicted molar refractivity (Wildman–Crippen MR) is 95.6 cm³/mol. The molecule has 2 aromatic rings. The lowest BCUT2D eigenvalue weighted by Gasteiger charge is -2.13. The van der Waals surface area contributed by atoms with Crippen molar-refractivity contribution in [3.05, 3.63) is 58.7 Å². The van der Waals surface area contributed by atoms with Crippen molar-refractivity contribution in [3.63, 3.8) is 0 Å². The molecule has 2 rings (SSSR count). The van der Waals surface area contributed by atoms with Gasteiger partial charge in [-0.2, -0.15) is 5.26 Å². The number of sulfonamides is 1. The Morgan fingerprint density at radius 3 is 2.36 bits per heavy atom. The van der Waals surface area contributed by atoms with Gasteiger partial charge in [-0.05, 0) is 50.1 Å². The standard InChI is InChI=1S/C18H19N3O3S/c1-12-7-13(2)18(14(3)8-12)25(23,24)20-11-17(22)21-16-6-4-5-15(9-16)10-19/h4-9,20H,11H2,1-3H3,(H,21,22). The highest BCUT2D eigenvalue weighted by molar-refractivity contribution is 7.89. The van der Waals surface area contributed by atoms with Crippen LogP contribution in [0, 0.1) is 32.1 Å². The zero-order chi connectivity index (χ0) is 18.6. The Morgan fingerprint density at radius 2 is 1.76 bits per heavy atom. The molecule has 0 fully saturated rings. The summed E-state index contributed by atoms with van der Waals surface area (Å²) in [5, 5.41) is 11.4. The molecular weight excluding hydrogens is 338 g/mol. The molecular formula is C18H19N3O3S. The second-order valence-corrected chi connectivity index (χ2v) is 7.50. The molecule has 0 aromatic heterocycles. The molecule has 0 saturated heterocycles. The number of nitriles is 1. The number of hydrogen-bond donors (Lipinski definition) is 2. The van der Waals surface area contributed by atoms with Crippen LogP contribution in [0.25, 0.3) is 0 Å². The van der Waals surface area contributed by atoms with Crippen molar-refractivity contribution in [2.45, 2.75) is 25.7 Å². The Morgan fingerprint density at radius 1 is 1.12 bits per heavy atom. The summed E-state index contributed by atoms with van der Waals surface area (Å²) in [5.74, 6) is -0.513. The smallest absolute Gasteiger partial charge is 0.241 e. The fourth-order valence-corrected chi connectivity index (χ4v) is 4.13. The van der Waals surface area contributed by atoms with Crippen LogP contribution in [0.2, 0.25) is 0 Å². The predicted octanol–water partition coefficient (Wildman–Crippen LogP) is 2.40. The van der Waals surface area contributed by atoms with Crippen molar-refractivity contribution in [2.24, 2.45) is 0 Å². The van der Waals surface area contributed by atoms with Gasteiger partial charge in [0.05, 0.1) is 23.1 Å². The molecule has 0 bridgehead atoms. The van der Waals surface area contributed by atoms with E-state index in [-0.39, 0.29) is 4.90 Å². The molecule has 0 aliphatic rings. The maximum Gasteiger partial charge on any atom is 0.241 e. The summed E-state index contributed by atoms with van der Waals surface area (Å²) >= 11 is 0. The molecule has 25 heavy (non-hydrogen) atoms. The summed E-state index contributed by atoms with van der Waals surface area (Å²) in [7, 11) is -3.80. The number of carbonyl (C=O) groups excluding carboxylic acids is 1. The van der Waals surface area contributed by atoms with Crippen LogP contribution in [0.1, 0.15) is 22.3 Å². The number of hydrogen-bond acceptors (Lipinski definition) is 4. The van der Waals surface area contributed by atoms with Crippen molar-refractivity contribution < 1.29 is 13.2 Å². The third-order valence-electron chi connectivity index (χ3n) is 3.57. The van der Waals surface area contributed by atoms with Crippen molar-refractivity contribution in [3.8, 4) is 6.07 Å². The number of aryl methyl sites for hydroxylation is 3. The summed E-state index contributed by atoms with van der Waals surface area (Å²) in [6.07, 6.45) is 0. The van der Waals surface area contributed by atoms with Crippen LogP contribution in [0.5, 0.6) is 0 Å². The van der Waals surface area contributed by atoms with Crippen LogP contribution < -0.4 is 10.0 Å². The number of rotatable bonds is 5. The van der Waals surface area contributed by atoms with Gasteiger partial charge in [0, 0.05) is 5.69 Å². The molecule has 0 aliphatic carbocycles. The van der Waals surface area contributed by atoms with Gasteiger partial charge in [0.1, 0.15) is 0 Å². The maximum atomic E-state index is 12.5. The highest BCUT2D eigenvalue weighted by Crippen LogP contribution is 2.21. The van der Waals surface area contributed by atoms with Crippen LogP contribution in [0.3, 0.4) is 0 Å². The summed E-state index contributed by atoms with van der Waals surface area (Å²) in [5.41, 5.74) is 3.08. The Balaban J connectivity index is 2.09. The fraction of sp³-hybridized carbons (Fsp3) is 0.222. The number of nitrogens with one attached hydrogen (secondary N) is 2. The molecule has 130 valence electrons. The molecule has 1 amide bonds. The van der Waals surface area contributed by atoms with E-state index in [0.717, 1.165) is 5.56 Å². The summed E-state index contributed by atoms with van der Waals surface area (Å²) < 4.78 is 27.3. The summed E-state index contributed by atoms with van der Waals surface area (Å²) in [6.45, 7) is 4.95. The summed E-state index contributed by atoms with van der Waals surface area (Å²) in [4.78, 5) is 12.2.